The number of benzene rings is 1. The summed E-state index contributed by atoms with van der Waals surface area (Å²) in [6.45, 7) is -0.119. The van der Waals surface area contributed by atoms with Crippen LogP contribution in [0.4, 0.5) is 13.2 Å². The molecule has 0 spiro atoms. The lowest BCUT2D eigenvalue weighted by molar-refractivity contribution is -0.257. The van der Waals surface area contributed by atoms with E-state index >= 15 is 0 Å². The van der Waals surface area contributed by atoms with E-state index < -0.39 is 23.2 Å². The van der Waals surface area contributed by atoms with Gasteiger partial charge in [-0.05, 0) is 30.5 Å². The van der Waals surface area contributed by atoms with Gasteiger partial charge in [-0.25, -0.2) is 0 Å². The molecule has 1 amide bonds. The fourth-order valence-electron chi connectivity index (χ4n) is 2.62. The van der Waals surface area contributed by atoms with Crippen molar-refractivity contribution in [2.24, 2.45) is 0 Å². The van der Waals surface area contributed by atoms with Crippen LogP contribution in [0.15, 0.2) is 48.7 Å². The standard InChI is InChI=1S/C18H17F3N2O2/c19-18(20,21)17(25,14-4-2-1-3-5-14)16(24)23-11-12-8-9-22-15(10-12)13-6-7-13/h1-5,8-10,13,25H,6-7,11H2,(H,23,24). The number of rotatable bonds is 5. The molecule has 1 aromatic carbocycles. The van der Waals surface area contributed by atoms with Crippen molar-refractivity contribution in [3.05, 3.63) is 65.5 Å². The summed E-state index contributed by atoms with van der Waals surface area (Å²) in [4.78, 5) is 16.4. The average molecular weight is 350 g/mol. The van der Waals surface area contributed by atoms with Gasteiger partial charge in [0.1, 0.15) is 0 Å². The van der Waals surface area contributed by atoms with E-state index in [2.05, 4.69) is 10.3 Å². The second-order valence-electron chi connectivity index (χ2n) is 6.12. The molecular formula is C18H17F3N2O2. The third-order valence-corrected chi connectivity index (χ3v) is 4.22. The van der Waals surface area contributed by atoms with E-state index in [-0.39, 0.29) is 6.54 Å². The molecule has 1 heterocycles. The third-order valence-electron chi connectivity index (χ3n) is 4.22. The SMILES string of the molecule is O=C(NCc1ccnc(C2CC2)c1)C(O)(c1ccccc1)C(F)(F)F. The topological polar surface area (TPSA) is 62.2 Å². The van der Waals surface area contributed by atoms with E-state index in [1.807, 2.05) is 0 Å². The monoisotopic (exact) mass is 350 g/mol. The van der Waals surface area contributed by atoms with Crippen LogP contribution in [0.1, 0.15) is 35.6 Å². The molecule has 1 aliphatic rings. The average Bonchev–Trinajstić information content (AvgIpc) is 3.44. The molecule has 0 saturated heterocycles. The van der Waals surface area contributed by atoms with E-state index in [0.717, 1.165) is 30.7 Å². The molecule has 7 heteroatoms. The maximum Gasteiger partial charge on any atom is 0.430 e. The summed E-state index contributed by atoms with van der Waals surface area (Å²) in [5.41, 5.74) is -2.60. The summed E-state index contributed by atoms with van der Waals surface area (Å²) in [5.74, 6) is -1.11. The van der Waals surface area contributed by atoms with E-state index in [4.69, 9.17) is 0 Å². The maximum atomic E-state index is 13.4. The molecule has 3 rings (SSSR count). The fourth-order valence-corrected chi connectivity index (χ4v) is 2.62. The fraction of sp³-hybridized carbons (Fsp3) is 0.333. The normalized spacial score (nSPS) is 17.0. The highest BCUT2D eigenvalue weighted by Crippen LogP contribution is 2.40. The number of hydrogen-bond donors (Lipinski definition) is 2. The van der Waals surface area contributed by atoms with Crippen LogP contribution in [0.5, 0.6) is 0 Å². The largest absolute Gasteiger partial charge is 0.430 e. The molecule has 25 heavy (non-hydrogen) atoms. The van der Waals surface area contributed by atoms with Crippen molar-refractivity contribution >= 4 is 5.91 Å². The number of carbonyl (C=O) groups excluding carboxylic acids is 1. The Bertz CT molecular complexity index is 760. The van der Waals surface area contributed by atoms with Gasteiger partial charge < -0.3 is 10.4 Å². The van der Waals surface area contributed by atoms with E-state index in [1.165, 1.54) is 18.2 Å². The van der Waals surface area contributed by atoms with E-state index in [9.17, 15) is 23.1 Å². The maximum absolute atomic E-state index is 13.4. The van der Waals surface area contributed by atoms with E-state index in [0.29, 0.717) is 11.5 Å². The minimum Gasteiger partial charge on any atom is -0.369 e. The quantitative estimate of drug-likeness (QED) is 0.871. The number of hydrogen-bond acceptors (Lipinski definition) is 3. The predicted molar refractivity (Wildman–Crippen MR) is 84.5 cm³/mol. The number of aliphatic hydroxyl groups is 1. The number of alkyl halides is 3. The van der Waals surface area contributed by atoms with Crippen LogP contribution in [0.3, 0.4) is 0 Å². The highest BCUT2D eigenvalue weighted by atomic mass is 19.4. The summed E-state index contributed by atoms with van der Waals surface area (Å²) in [7, 11) is 0. The number of carbonyl (C=O) groups is 1. The van der Waals surface area contributed by atoms with Crippen molar-refractivity contribution in [3.63, 3.8) is 0 Å². The summed E-state index contributed by atoms with van der Waals surface area (Å²) >= 11 is 0. The number of nitrogens with one attached hydrogen (secondary N) is 1. The van der Waals surface area contributed by atoms with Gasteiger partial charge in [-0.15, -0.1) is 0 Å². The Morgan fingerprint density at radius 1 is 1.20 bits per heavy atom. The first-order chi connectivity index (χ1) is 11.8. The molecule has 4 nitrogen and oxygen atoms in total. The zero-order valence-electron chi connectivity index (χ0n) is 13.3. The lowest BCUT2D eigenvalue weighted by Gasteiger charge is -2.29. The van der Waals surface area contributed by atoms with Crippen LogP contribution in [-0.2, 0) is 16.9 Å². The first-order valence-corrected chi connectivity index (χ1v) is 7.90. The lowest BCUT2D eigenvalue weighted by atomic mass is 9.92. The molecule has 2 aromatic rings. The zero-order valence-corrected chi connectivity index (χ0v) is 13.3. The Kier molecular flexibility index (Phi) is 4.51. The van der Waals surface area contributed by atoms with Gasteiger partial charge in [0, 0.05) is 29.9 Å². The molecule has 1 aliphatic carbocycles. The number of nitrogens with zero attached hydrogens (tertiary/aromatic N) is 1. The van der Waals surface area contributed by atoms with Crippen molar-refractivity contribution in [1.29, 1.82) is 0 Å². The van der Waals surface area contributed by atoms with Crippen LogP contribution in [-0.4, -0.2) is 22.2 Å². The van der Waals surface area contributed by atoms with Gasteiger partial charge in [0.05, 0.1) is 0 Å². The first-order valence-electron chi connectivity index (χ1n) is 7.90. The van der Waals surface area contributed by atoms with Crippen molar-refractivity contribution in [1.82, 2.24) is 10.3 Å². The highest BCUT2D eigenvalue weighted by Gasteiger charge is 2.60. The smallest absolute Gasteiger partial charge is 0.369 e. The molecular weight excluding hydrogens is 333 g/mol. The zero-order chi connectivity index (χ0) is 18.1. The Balaban J connectivity index is 1.78. The number of aromatic nitrogens is 1. The van der Waals surface area contributed by atoms with E-state index in [1.54, 1.807) is 18.3 Å². The Labute approximate surface area is 142 Å². The van der Waals surface area contributed by atoms with Gasteiger partial charge in [-0.2, -0.15) is 13.2 Å². The molecule has 0 aliphatic heterocycles. The summed E-state index contributed by atoms with van der Waals surface area (Å²) in [6, 6.07) is 9.73. The summed E-state index contributed by atoms with van der Waals surface area (Å²) in [6.07, 6.45) is -1.48. The number of pyridine rings is 1. The van der Waals surface area contributed by atoms with Crippen LogP contribution in [0.2, 0.25) is 0 Å². The molecule has 1 aromatic heterocycles. The van der Waals surface area contributed by atoms with Crippen LogP contribution < -0.4 is 5.32 Å². The molecule has 0 bridgehead atoms. The van der Waals surface area contributed by atoms with Gasteiger partial charge in [0.2, 0.25) is 0 Å². The molecule has 1 atom stereocenters. The van der Waals surface area contributed by atoms with Gasteiger partial charge in [-0.1, -0.05) is 30.3 Å². The van der Waals surface area contributed by atoms with Gasteiger partial charge >= 0.3 is 6.18 Å². The van der Waals surface area contributed by atoms with Crippen molar-refractivity contribution < 1.29 is 23.1 Å². The van der Waals surface area contributed by atoms with Crippen molar-refractivity contribution in [3.8, 4) is 0 Å². The number of halogens is 3. The van der Waals surface area contributed by atoms with Gasteiger partial charge in [0.15, 0.2) is 0 Å². The molecule has 2 N–H and O–H groups in total. The van der Waals surface area contributed by atoms with Gasteiger partial charge in [-0.3, -0.25) is 9.78 Å². The Hall–Kier alpha value is -2.41. The highest BCUT2D eigenvalue weighted by molar-refractivity contribution is 5.87. The Morgan fingerprint density at radius 3 is 2.48 bits per heavy atom. The molecule has 1 fully saturated rings. The second-order valence-corrected chi connectivity index (χ2v) is 6.12. The Morgan fingerprint density at radius 2 is 1.88 bits per heavy atom. The van der Waals surface area contributed by atoms with Gasteiger partial charge in [0.25, 0.3) is 11.5 Å². The van der Waals surface area contributed by atoms with Crippen LogP contribution in [0.25, 0.3) is 0 Å². The molecule has 1 unspecified atom stereocenters. The number of amides is 1. The minimum atomic E-state index is -5.14. The lowest BCUT2D eigenvalue weighted by Crippen LogP contribution is -2.54. The van der Waals surface area contributed by atoms with Crippen LogP contribution >= 0.6 is 0 Å². The molecule has 1 saturated carbocycles. The summed E-state index contributed by atoms with van der Waals surface area (Å²) < 4.78 is 40.3. The predicted octanol–water partition coefficient (Wildman–Crippen LogP) is 3.03. The first kappa shape index (κ1) is 17.4. The minimum absolute atomic E-state index is 0.119. The summed E-state index contributed by atoms with van der Waals surface area (Å²) in [5, 5.41) is 12.4. The second kappa shape index (κ2) is 6.48. The van der Waals surface area contributed by atoms with Crippen molar-refractivity contribution in [2.45, 2.75) is 37.1 Å². The third kappa shape index (κ3) is 3.51. The molecule has 0 radical (unpaired) electrons. The van der Waals surface area contributed by atoms with Crippen LogP contribution in [0, 0.1) is 0 Å². The van der Waals surface area contributed by atoms with Crippen molar-refractivity contribution in [2.75, 3.05) is 0 Å². The molecule has 132 valence electrons.